The number of carbonyl (C=O) groups is 2. The van der Waals surface area contributed by atoms with E-state index in [0.29, 0.717) is 5.02 Å². The number of carbonyl (C=O) groups excluding carboxylic acids is 2. The van der Waals surface area contributed by atoms with Crippen LogP contribution in [0.15, 0.2) is 35.4 Å². The van der Waals surface area contributed by atoms with Crippen LogP contribution in [-0.4, -0.2) is 29.2 Å². The molecule has 132 valence electrons. The fraction of sp³-hybridized carbons (Fsp3) is 0.235. The molecule has 0 bridgehead atoms. The molecular formula is C17H16Cl2N2O3S. The second-order valence-corrected chi connectivity index (χ2v) is 7.11. The average Bonchev–Trinajstić information content (AvgIpc) is 2.56. The highest BCUT2D eigenvalue weighted by atomic mass is 35.5. The molecule has 8 heteroatoms. The lowest BCUT2D eigenvalue weighted by Gasteiger charge is -2.08. The largest absolute Gasteiger partial charge is 0.455 e. The number of amides is 1. The first-order valence-corrected chi connectivity index (χ1v) is 9.06. The summed E-state index contributed by atoms with van der Waals surface area (Å²) in [6, 6.07) is 7.48. The molecule has 0 spiro atoms. The Morgan fingerprint density at radius 3 is 2.72 bits per heavy atom. The second-order valence-electron chi connectivity index (χ2n) is 5.25. The highest BCUT2D eigenvalue weighted by molar-refractivity contribution is 8.00. The number of anilines is 1. The van der Waals surface area contributed by atoms with Crippen molar-refractivity contribution in [2.24, 2.45) is 0 Å². The SMILES string of the molecule is Cc1ccc(C)c(SCC(=O)OCC(=O)Nc2ncc(Cl)cc2Cl)c1. The minimum Gasteiger partial charge on any atom is -0.455 e. The summed E-state index contributed by atoms with van der Waals surface area (Å²) in [7, 11) is 0. The molecular weight excluding hydrogens is 383 g/mol. The van der Waals surface area contributed by atoms with Crippen LogP contribution in [0, 0.1) is 13.8 Å². The van der Waals surface area contributed by atoms with Crippen molar-refractivity contribution in [3.63, 3.8) is 0 Å². The van der Waals surface area contributed by atoms with Gasteiger partial charge in [-0.3, -0.25) is 9.59 Å². The van der Waals surface area contributed by atoms with Crippen LogP contribution < -0.4 is 5.32 Å². The van der Waals surface area contributed by atoms with Gasteiger partial charge in [-0.2, -0.15) is 0 Å². The van der Waals surface area contributed by atoms with Gasteiger partial charge in [-0.25, -0.2) is 4.98 Å². The molecule has 5 nitrogen and oxygen atoms in total. The van der Waals surface area contributed by atoms with Gasteiger partial charge in [0.25, 0.3) is 5.91 Å². The normalized spacial score (nSPS) is 10.4. The third kappa shape index (κ3) is 6.23. The number of pyridine rings is 1. The van der Waals surface area contributed by atoms with Crippen LogP contribution in [0.1, 0.15) is 11.1 Å². The van der Waals surface area contributed by atoms with Crippen LogP contribution in [0.4, 0.5) is 5.82 Å². The van der Waals surface area contributed by atoms with Gasteiger partial charge in [0.15, 0.2) is 12.4 Å². The van der Waals surface area contributed by atoms with E-state index in [2.05, 4.69) is 10.3 Å². The molecule has 0 fully saturated rings. The van der Waals surface area contributed by atoms with Crippen molar-refractivity contribution in [1.29, 1.82) is 0 Å². The van der Waals surface area contributed by atoms with Crippen LogP contribution in [0.5, 0.6) is 0 Å². The number of nitrogens with one attached hydrogen (secondary N) is 1. The van der Waals surface area contributed by atoms with E-state index in [9.17, 15) is 9.59 Å². The maximum atomic E-state index is 11.8. The Hall–Kier alpha value is -1.76. The first-order chi connectivity index (χ1) is 11.8. The predicted octanol–water partition coefficient (Wildman–Crippen LogP) is 4.28. The Morgan fingerprint density at radius 1 is 1.24 bits per heavy atom. The lowest BCUT2D eigenvalue weighted by atomic mass is 10.2. The number of ether oxygens (including phenoxy) is 1. The summed E-state index contributed by atoms with van der Waals surface area (Å²) in [5, 5.41) is 3.02. The Bertz CT molecular complexity index is 799. The third-order valence-corrected chi connectivity index (χ3v) is 4.74. The van der Waals surface area contributed by atoms with Gasteiger partial charge in [0, 0.05) is 11.1 Å². The Balaban J connectivity index is 1.79. The Morgan fingerprint density at radius 2 is 2.00 bits per heavy atom. The fourth-order valence-electron chi connectivity index (χ4n) is 1.86. The third-order valence-electron chi connectivity index (χ3n) is 3.12. The smallest absolute Gasteiger partial charge is 0.316 e. The van der Waals surface area contributed by atoms with Crippen LogP contribution in [0.3, 0.4) is 0 Å². The molecule has 1 aromatic carbocycles. The van der Waals surface area contributed by atoms with Gasteiger partial charge < -0.3 is 10.1 Å². The van der Waals surface area contributed by atoms with E-state index in [1.54, 1.807) is 0 Å². The van der Waals surface area contributed by atoms with Crippen LogP contribution in [0.25, 0.3) is 0 Å². The highest BCUT2D eigenvalue weighted by Crippen LogP contribution is 2.24. The van der Waals surface area contributed by atoms with Gasteiger partial charge >= 0.3 is 5.97 Å². The van der Waals surface area contributed by atoms with Gasteiger partial charge in [0.1, 0.15) is 0 Å². The Labute approximate surface area is 160 Å². The molecule has 0 unspecified atom stereocenters. The molecule has 2 rings (SSSR count). The van der Waals surface area contributed by atoms with E-state index in [0.717, 1.165) is 16.0 Å². The summed E-state index contributed by atoms with van der Waals surface area (Å²) in [6.07, 6.45) is 1.36. The molecule has 25 heavy (non-hydrogen) atoms. The number of esters is 1. The molecule has 0 radical (unpaired) electrons. The maximum absolute atomic E-state index is 11.8. The van der Waals surface area contributed by atoms with E-state index >= 15 is 0 Å². The molecule has 0 atom stereocenters. The van der Waals surface area contributed by atoms with E-state index in [1.165, 1.54) is 24.0 Å². The number of aromatic nitrogens is 1. The van der Waals surface area contributed by atoms with E-state index < -0.39 is 18.5 Å². The quantitative estimate of drug-likeness (QED) is 0.580. The van der Waals surface area contributed by atoms with Gasteiger partial charge in [-0.1, -0.05) is 40.9 Å². The number of aryl methyl sites for hydroxylation is 2. The summed E-state index contributed by atoms with van der Waals surface area (Å²) in [6.45, 7) is 3.55. The van der Waals surface area contributed by atoms with Crippen molar-refractivity contribution in [3.8, 4) is 0 Å². The van der Waals surface area contributed by atoms with Crippen molar-refractivity contribution in [3.05, 3.63) is 51.6 Å². The zero-order valence-electron chi connectivity index (χ0n) is 13.6. The number of hydrogen-bond acceptors (Lipinski definition) is 5. The fourth-order valence-corrected chi connectivity index (χ4v) is 3.21. The van der Waals surface area contributed by atoms with Gasteiger partial charge in [-0.15, -0.1) is 11.8 Å². The molecule has 0 aliphatic rings. The monoisotopic (exact) mass is 398 g/mol. The van der Waals surface area contributed by atoms with Gasteiger partial charge in [0.05, 0.1) is 15.8 Å². The predicted molar refractivity (Wildman–Crippen MR) is 100 cm³/mol. The average molecular weight is 399 g/mol. The van der Waals surface area contributed by atoms with Crippen molar-refractivity contribution in [2.75, 3.05) is 17.7 Å². The lowest BCUT2D eigenvalue weighted by molar-refractivity contribution is -0.144. The zero-order chi connectivity index (χ0) is 18.4. The second kappa shape index (κ2) is 9.08. The van der Waals surface area contributed by atoms with Crippen molar-refractivity contribution < 1.29 is 14.3 Å². The molecule has 1 heterocycles. The summed E-state index contributed by atoms with van der Waals surface area (Å²) in [4.78, 5) is 28.5. The topological polar surface area (TPSA) is 68.3 Å². The minimum atomic E-state index is -0.526. The lowest BCUT2D eigenvalue weighted by Crippen LogP contribution is -2.22. The number of nitrogens with zero attached hydrogens (tertiary/aromatic N) is 1. The molecule has 0 saturated heterocycles. The van der Waals surface area contributed by atoms with Crippen LogP contribution in [-0.2, 0) is 14.3 Å². The molecule has 1 amide bonds. The maximum Gasteiger partial charge on any atom is 0.316 e. The van der Waals surface area contributed by atoms with Crippen molar-refractivity contribution >= 4 is 52.7 Å². The zero-order valence-corrected chi connectivity index (χ0v) is 16.0. The minimum absolute atomic E-state index is 0.123. The first kappa shape index (κ1) is 19.6. The molecule has 1 N–H and O–H groups in total. The number of benzene rings is 1. The standard InChI is InChI=1S/C17H16Cl2N2O3S/c1-10-3-4-11(2)14(5-10)25-9-16(23)24-8-15(22)21-17-13(19)6-12(18)7-20-17/h3-7H,8-9H2,1-2H3,(H,20,21,22). The van der Waals surface area contributed by atoms with Crippen molar-refractivity contribution in [1.82, 2.24) is 4.98 Å². The van der Waals surface area contributed by atoms with E-state index in [-0.39, 0.29) is 16.6 Å². The number of rotatable bonds is 6. The van der Waals surface area contributed by atoms with Gasteiger partial charge in [0.2, 0.25) is 0 Å². The molecule has 0 aliphatic carbocycles. The van der Waals surface area contributed by atoms with Crippen LogP contribution >= 0.6 is 35.0 Å². The molecule has 0 saturated carbocycles. The highest BCUT2D eigenvalue weighted by Gasteiger charge is 2.12. The summed E-state index contributed by atoms with van der Waals surface area (Å²) < 4.78 is 4.96. The molecule has 1 aromatic heterocycles. The molecule has 2 aromatic rings. The van der Waals surface area contributed by atoms with E-state index in [1.807, 2.05) is 32.0 Å². The van der Waals surface area contributed by atoms with Gasteiger partial charge in [-0.05, 0) is 31.5 Å². The molecule has 0 aliphatic heterocycles. The summed E-state index contributed by atoms with van der Waals surface area (Å²) >= 11 is 13.0. The van der Waals surface area contributed by atoms with Crippen molar-refractivity contribution in [2.45, 2.75) is 18.7 Å². The summed E-state index contributed by atoms with van der Waals surface area (Å²) in [5.41, 5.74) is 2.21. The van der Waals surface area contributed by atoms with Crippen LogP contribution in [0.2, 0.25) is 10.0 Å². The van der Waals surface area contributed by atoms with E-state index in [4.69, 9.17) is 27.9 Å². The Kier molecular flexibility index (Phi) is 7.11. The number of thioether (sulfide) groups is 1. The number of hydrogen-bond donors (Lipinski definition) is 1. The summed E-state index contributed by atoms with van der Waals surface area (Å²) in [5.74, 6) is -0.716. The first-order valence-electron chi connectivity index (χ1n) is 7.31. The number of halogens is 2.